The van der Waals surface area contributed by atoms with E-state index in [0.29, 0.717) is 17.5 Å². The number of nitrogens with zero attached hydrogens (tertiary/aromatic N) is 1. The minimum absolute atomic E-state index is 0.308. The van der Waals surface area contributed by atoms with E-state index in [2.05, 4.69) is 4.98 Å². The Hall–Kier alpha value is -1.38. The molecule has 0 atom stereocenters. The maximum atomic E-state index is 10.6. The highest BCUT2D eigenvalue weighted by molar-refractivity contribution is 5.76. The van der Waals surface area contributed by atoms with Crippen molar-refractivity contribution in [2.75, 3.05) is 0 Å². The second-order valence-electron chi connectivity index (χ2n) is 3.33. The number of aryl methyl sites for hydroxylation is 1. The molecule has 0 unspecified atom stereocenters. The van der Waals surface area contributed by atoms with Gasteiger partial charge >= 0.3 is 0 Å². The summed E-state index contributed by atoms with van der Waals surface area (Å²) in [6.07, 6.45) is 4.89. The van der Waals surface area contributed by atoms with Crippen LogP contribution in [-0.4, -0.2) is 17.4 Å². The van der Waals surface area contributed by atoms with Crippen LogP contribution in [0.1, 0.15) is 28.9 Å². The van der Waals surface area contributed by atoms with Gasteiger partial charge in [-0.05, 0) is 31.4 Å². The van der Waals surface area contributed by atoms with E-state index < -0.39 is 0 Å². The molecule has 2 rings (SSSR count). The molecule has 1 aliphatic carbocycles. The Kier molecular flexibility index (Phi) is 2.00. The Morgan fingerprint density at radius 2 is 2.38 bits per heavy atom. The zero-order chi connectivity index (χ0) is 9.26. The van der Waals surface area contributed by atoms with Crippen molar-refractivity contribution < 1.29 is 9.53 Å². The fourth-order valence-corrected chi connectivity index (χ4v) is 1.10. The third-order valence-electron chi connectivity index (χ3n) is 1.95. The van der Waals surface area contributed by atoms with E-state index >= 15 is 0 Å². The first-order valence-electron chi connectivity index (χ1n) is 4.38. The molecule has 1 aromatic heterocycles. The minimum Gasteiger partial charge on any atom is -0.488 e. The molecule has 0 amide bonds. The topological polar surface area (TPSA) is 39.2 Å². The highest BCUT2D eigenvalue weighted by atomic mass is 16.5. The van der Waals surface area contributed by atoms with Crippen LogP contribution in [0.25, 0.3) is 0 Å². The van der Waals surface area contributed by atoms with Gasteiger partial charge in [0.05, 0.1) is 6.10 Å². The molecule has 1 aliphatic rings. The lowest BCUT2D eigenvalue weighted by Crippen LogP contribution is -2.01. The summed E-state index contributed by atoms with van der Waals surface area (Å²) in [5.74, 6) is 0.623. The molecule has 68 valence electrons. The molecule has 0 N–H and O–H groups in total. The Morgan fingerprint density at radius 1 is 1.62 bits per heavy atom. The Morgan fingerprint density at radius 3 is 3.00 bits per heavy atom. The molecule has 0 radical (unpaired) electrons. The number of hydrogen-bond donors (Lipinski definition) is 0. The van der Waals surface area contributed by atoms with Crippen molar-refractivity contribution in [3.63, 3.8) is 0 Å². The number of aldehydes is 1. The summed E-state index contributed by atoms with van der Waals surface area (Å²) in [6, 6.07) is 1.86. The van der Waals surface area contributed by atoms with Gasteiger partial charge in [-0.15, -0.1) is 0 Å². The van der Waals surface area contributed by atoms with Gasteiger partial charge < -0.3 is 4.74 Å². The summed E-state index contributed by atoms with van der Waals surface area (Å²) < 4.78 is 5.53. The third kappa shape index (κ3) is 1.86. The van der Waals surface area contributed by atoms with Crippen molar-refractivity contribution in [3.8, 4) is 5.75 Å². The van der Waals surface area contributed by atoms with Crippen molar-refractivity contribution >= 4 is 6.29 Å². The van der Waals surface area contributed by atoms with Crippen LogP contribution in [0.2, 0.25) is 0 Å². The van der Waals surface area contributed by atoms with Crippen molar-refractivity contribution in [3.05, 3.63) is 23.5 Å². The number of carbonyl (C=O) groups excluding carboxylic acids is 1. The number of hydrogen-bond acceptors (Lipinski definition) is 3. The molecule has 0 spiro atoms. The number of aromatic nitrogens is 1. The Labute approximate surface area is 76.7 Å². The van der Waals surface area contributed by atoms with Crippen molar-refractivity contribution in [1.29, 1.82) is 0 Å². The summed E-state index contributed by atoms with van der Waals surface area (Å²) in [4.78, 5) is 14.6. The lowest BCUT2D eigenvalue weighted by atomic mass is 10.2. The predicted octanol–water partition coefficient (Wildman–Crippen LogP) is 1.74. The first kappa shape index (κ1) is 8.23. The summed E-state index contributed by atoms with van der Waals surface area (Å²) in [7, 11) is 0. The van der Waals surface area contributed by atoms with Crippen molar-refractivity contribution in [2.24, 2.45) is 0 Å². The van der Waals surface area contributed by atoms with Crippen LogP contribution in [0.15, 0.2) is 12.3 Å². The van der Waals surface area contributed by atoms with Gasteiger partial charge in [-0.1, -0.05) is 0 Å². The summed E-state index contributed by atoms with van der Waals surface area (Å²) >= 11 is 0. The number of carbonyl (C=O) groups is 1. The zero-order valence-electron chi connectivity index (χ0n) is 7.49. The molecule has 1 fully saturated rings. The van der Waals surface area contributed by atoms with Crippen LogP contribution in [-0.2, 0) is 0 Å². The van der Waals surface area contributed by atoms with E-state index in [1.165, 1.54) is 0 Å². The maximum absolute atomic E-state index is 10.6. The van der Waals surface area contributed by atoms with E-state index in [0.717, 1.165) is 24.7 Å². The molecule has 0 bridgehead atoms. The van der Waals surface area contributed by atoms with Gasteiger partial charge in [0.15, 0.2) is 6.29 Å². The first-order valence-corrected chi connectivity index (χ1v) is 4.38. The second-order valence-corrected chi connectivity index (χ2v) is 3.33. The highest BCUT2D eigenvalue weighted by Crippen LogP contribution is 2.28. The molecule has 0 saturated heterocycles. The average Bonchev–Trinajstić information content (AvgIpc) is 2.89. The van der Waals surface area contributed by atoms with Crippen LogP contribution >= 0.6 is 0 Å². The number of ether oxygens (including phenoxy) is 1. The molecular weight excluding hydrogens is 166 g/mol. The van der Waals surface area contributed by atoms with Gasteiger partial charge in [0.1, 0.15) is 11.4 Å². The van der Waals surface area contributed by atoms with Crippen LogP contribution in [0.3, 0.4) is 0 Å². The SMILES string of the molecule is Cc1cnc(C=O)c(OC2CC2)c1. The molecule has 0 aromatic carbocycles. The fourth-order valence-electron chi connectivity index (χ4n) is 1.10. The van der Waals surface area contributed by atoms with Crippen molar-refractivity contribution in [2.45, 2.75) is 25.9 Å². The van der Waals surface area contributed by atoms with E-state index in [1.54, 1.807) is 6.20 Å². The van der Waals surface area contributed by atoms with E-state index in [4.69, 9.17) is 4.74 Å². The molecule has 1 aromatic rings. The maximum Gasteiger partial charge on any atom is 0.172 e. The lowest BCUT2D eigenvalue weighted by Gasteiger charge is -2.06. The summed E-state index contributed by atoms with van der Waals surface area (Å²) in [5.41, 5.74) is 1.42. The highest BCUT2D eigenvalue weighted by Gasteiger charge is 2.24. The predicted molar refractivity (Wildman–Crippen MR) is 48.0 cm³/mol. The van der Waals surface area contributed by atoms with E-state index in [-0.39, 0.29) is 0 Å². The largest absolute Gasteiger partial charge is 0.488 e. The normalized spacial score (nSPS) is 15.5. The molecule has 3 nitrogen and oxygen atoms in total. The van der Waals surface area contributed by atoms with Gasteiger partial charge in [0, 0.05) is 6.20 Å². The summed E-state index contributed by atoms with van der Waals surface area (Å²) in [5, 5.41) is 0. The van der Waals surface area contributed by atoms with Gasteiger partial charge in [0.25, 0.3) is 0 Å². The molecule has 3 heteroatoms. The molecule has 1 heterocycles. The molecule has 0 aliphatic heterocycles. The second kappa shape index (κ2) is 3.17. The summed E-state index contributed by atoms with van der Waals surface area (Å²) in [6.45, 7) is 1.93. The molecular formula is C10H11NO2. The quantitative estimate of drug-likeness (QED) is 0.660. The number of rotatable bonds is 3. The van der Waals surface area contributed by atoms with Crippen LogP contribution in [0, 0.1) is 6.92 Å². The van der Waals surface area contributed by atoms with Gasteiger partial charge in [-0.3, -0.25) is 4.79 Å². The number of pyridine rings is 1. The van der Waals surface area contributed by atoms with Crippen LogP contribution < -0.4 is 4.74 Å². The smallest absolute Gasteiger partial charge is 0.172 e. The van der Waals surface area contributed by atoms with E-state index in [9.17, 15) is 4.79 Å². The third-order valence-corrected chi connectivity index (χ3v) is 1.95. The molecule has 13 heavy (non-hydrogen) atoms. The van der Waals surface area contributed by atoms with Crippen LogP contribution in [0.5, 0.6) is 5.75 Å². The zero-order valence-corrected chi connectivity index (χ0v) is 7.49. The Balaban J connectivity index is 2.27. The van der Waals surface area contributed by atoms with Gasteiger partial charge in [0.2, 0.25) is 0 Å². The lowest BCUT2D eigenvalue weighted by molar-refractivity contribution is 0.111. The first-order chi connectivity index (χ1) is 6.29. The average molecular weight is 177 g/mol. The van der Waals surface area contributed by atoms with Gasteiger partial charge in [-0.25, -0.2) is 4.98 Å². The standard InChI is InChI=1S/C10H11NO2/c1-7-4-10(13-8-2-3-8)9(6-12)11-5-7/h4-6,8H,2-3H2,1H3. The minimum atomic E-state index is 0.308. The monoisotopic (exact) mass is 177 g/mol. The van der Waals surface area contributed by atoms with Crippen molar-refractivity contribution in [1.82, 2.24) is 4.98 Å². The molecule has 1 saturated carbocycles. The Bertz CT molecular complexity index is 332. The fraction of sp³-hybridized carbons (Fsp3) is 0.400. The van der Waals surface area contributed by atoms with Gasteiger partial charge in [-0.2, -0.15) is 0 Å². The van der Waals surface area contributed by atoms with E-state index in [1.807, 2.05) is 13.0 Å². The van der Waals surface area contributed by atoms with Crippen LogP contribution in [0.4, 0.5) is 0 Å².